The summed E-state index contributed by atoms with van der Waals surface area (Å²) in [5, 5.41) is 0.714. The van der Waals surface area contributed by atoms with Gasteiger partial charge in [-0.2, -0.15) is 0 Å². The molecule has 1 saturated heterocycles. The molecule has 0 spiro atoms. The molecule has 0 aromatic heterocycles. The van der Waals surface area contributed by atoms with Gasteiger partial charge in [0.25, 0.3) is 0 Å². The summed E-state index contributed by atoms with van der Waals surface area (Å²) in [5.74, 6) is 0.775. The van der Waals surface area contributed by atoms with Crippen molar-refractivity contribution in [2.24, 2.45) is 5.92 Å². The van der Waals surface area contributed by atoms with E-state index in [1.165, 1.54) is 24.9 Å². The van der Waals surface area contributed by atoms with Gasteiger partial charge in [-0.1, -0.05) is 24.6 Å². The molecule has 2 atom stereocenters. The molecule has 0 radical (unpaired) electrons. The van der Waals surface area contributed by atoms with Crippen LogP contribution in [0.3, 0.4) is 0 Å². The highest BCUT2D eigenvalue weighted by Gasteiger charge is 2.24. The van der Waals surface area contributed by atoms with Gasteiger partial charge in [0, 0.05) is 23.3 Å². The van der Waals surface area contributed by atoms with E-state index < -0.39 is 0 Å². The molecule has 2 rings (SSSR count). The number of anilines is 1. The van der Waals surface area contributed by atoms with Gasteiger partial charge >= 0.3 is 0 Å². The van der Waals surface area contributed by atoms with E-state index in [9.17, 15) is 0 Å². The van der Waals surface area contributed by atoms with E-state index in [0.717, 1.165) is 18.2 Å². The first-order valence-corrected chi connectivity index (χ1v) is 6.73. The predicted octanol–water partition coefficient (Wildman–Crippen LogP) is 3.54. The maximum Gasteiger partial charge on any atom is 0.0426 e. The Morgan fingerprint density at radius 3 is 2.88 bits per heavy atom. The molecule has 0 bridgehead atoms. The second-order valence-corrected chi connectivity index (χ2v) is 5.61. The zero-order valence-electron chi connectivity index (χ0n) is 10.6. The Morgan fingerprint density at radius 1 is 1.41 bits per heavy atom. The molecule has 1 aromatic rings. The lowest BCUT2D eigenvalue weighted by molar-refractivity contribution is 0.107. The highest BCUT2D eigenvalue weighted by molar-refractivity contribution is 6.30. The van der Waals surface area contributed by atoms with E-state index in [1.54, 1.807) is 0 Å². The summed E-state index contributed by atoms with van der Waals surface area (Å²) in [7, 11) is 0. The molecule has 1 aliphatic heterocycles. The van der Waals surface area contributed by atoms with Gasteiger partial charge in [-0.15, -0.1) is 0 Å². The number of nitrogens with two attached hydrogens (primary N) is 1. The van der Waals surface area contributed by atoms with Crippen molar-refractivity contribution in [3.05, 3.63) is 28.8 Å². The summed E-state index contributed by atoms with van der Waals surface area (Å²) < 4.78 is 0. The number of hydrogen-bond donors (Lipinski definition) is 1. The van der Waals surface area contributed by atoms with Gasteiger partial charge in [0.15, 0.2) is 0 Å². The van der Waals surface area contributed by atoms with Crippen molar-refractivity contribution >= 4 is 17.3 Å². The first-order chi connectivity index (χ1) is 8.08. The Balaban J connectivity index is 2.09. The minimum atomic E-state index is 0.638. The average molecular weight is 253 g/mol. The molecule has 2 nitrogen and oxygen atoms in total. The summed E-state index contributed by atoms with van der Waals surface area (Å²) in [4.78, 5) is 2.52. The third-order valence-electron chi connectivity index (χ3n) is 3.99. The Kier molecular flexibility index (Phi) is 3.95. The van der Waals surface area contributed by atoms with Crippen molar-refractivity contribution in [3.8, 4) is 0 Å². The summed E-state index contributed by atoms with van der Waals surface area (Å²) in [6, 6.07) is 6.45. The smallest absolute Gasteiger partial charge is 0.0426 e. The van der Waals surface area contributed by atoms with Crippen LogP contribution in [-0.2, 0) is 6.54 Å². The fourth-order valence-electron chi connectivity index (χ4n) is 2.57. The number of halogens is 1. The van der Waals surface area contributed by atoms with Gasteiger partial charge < -0.3 is 5.73 Å². The Morgan fingerprint density at radius 2 is 2.18 bits per heavy atom. The van der Waals surface area contributed by atoms with Crippen LogP contribution in [0.5, 0.6) is 0 Å². The first kappa shape index (κ1) is 12.7. The van der Waals surface area contributed by atoms with E-state index in [0.29, 0.717) is 11.1 Å². The molecular formula is C14H21ClN2. The van der Waals surface area contributed by atoms with Crippen LogP contribution in [-0.4, -0.2) is 17.5 Å². The molecule has 1 aliphatic rings. The number of nitrogens with zero attached hydrogens (tertiary/aromatic N) is 1. The van der Waals surface area contributed by atoms with Crippen molar-refractivity contribution in [2.75, 3.05) is 12.3 Å². The molecular weight excluding hydrogens is 232 g/mol. The zero-order chi connectivity index (χ0) is 12.4. The standard InChI is InChI=1S/C14H21ClN2/c1-10-4-3-7-17(11(10)2)9-12-5-6-13(15)8-14(12)16/h5-6,8,10-11H,3-4,7,9,16H2,1-2H3. The molecule has 3 heteroatoms. The molecule has 2 unspecified atom stereocenters. The molecule has 94 valence electrons. The van der Waals surface area contributed by atoms with Crippen LogP contribution in [0, 0.1) is 5.92 Å². The van der Waals surface area contributed by atoms with Crippen LogP contribution < -0.4 is 5.73 Å². The lowest BCUT2D eigenvalue weighted by atomic mass is 9.91. The fraction of sp³-hybridized carbons (Fsp3) is 0.571. The van der Waals surface area contributed by atoms with Crippen LogP contribution in [0.25, 0.3) is 0 Å². The van der Waals surface area contributed by atoms with Gasteiger partial charge in [0.05, 0.1) is 0 Å². The molecule has 1 heterocycles. The van der Waals surface area contributed by atoms with E-state index in [4.69, 9.17) is 17.3 Å². The molecule has 1 fully saturated rings. The SMILES string of the molecule is CC1CCCN(Cc2ccc(Cl)cc2N)C1C. The third kappa shape index (κ3) is 2.93. The number of rotatable bonds is 2. The van der Waals surface area contributed by atoms with Crippen molar-refractivity contribution in [2.45, 2.75) is 39.3 Å². The van der Waals surface area contributed by atoms with E-state index in [1.807, 2.05) is 18.2 Å². The highest BCUT2D eigenvalue weighted by atomic mass is 35.5. The first-order valence-electron chi connectivity index (χ1n) is 6.36. The van der Waals surface area contributed by atoms with Crippen molar-refractivity contribution < 1.29 is 0 Å². The van der Waals surface area contributed by atoms with Gasteiger partial charge in [0.2, 0.25) is 0 Å². The minimum Gasteiger partial charge on any atom is -0.398 e. The third-order valence-corrected chi connectivity index (χ3v) is 4.22. The molecule has 2 N–H and O–H groups in total. The van der Waals surface area contributed by atoms with Crippen LogP contribution in [0.4, 0.5) is 5.69 Å². The van der Waals surface area contributed by atoms with Crippen LogP contribution in [0.2, 0.25) is 5.02 Å². The maximum absolute atomic E-state index is 6.01. The molecule has 0 aliphatic carbocycles. The van der Waals surface area contributed by atoms with Crippen molar-refractivity contribution in [3.63, 3.8) is 0 Å². The largest absolute Gasteiger partial charge is 0.398 e. The average Bonchev–Trinajstić information content (AvgIpc) is 2.28. The maximum atomic E-state index is 6.01. The summed E-state index contributed by atoms with van der Waals surface area (Å²) >= 11 is 5.92. The lowest BCUT2D eigenvalue weighted by Gasteiger charge is -2.38. The van der Waals surface area contributed by atoms with Gasteiger partial charge in [-0.3, -0.25) is 4.90 Å². The second kappa shape index (κ2) is 5.28. The van der Waals surface area contributed by atoms with Crippen LogP contribution >= 0.6 is 11.6 Å². The van der Waals surface area contributed by atoms with Gasteiger partial charge in [-0.25, -0.2) is 0 Å². The number of piperidine rings is 1. The summed E-state index contributed by atoms with van der Waals surface area (Å²) in [6.45, 7) is 6.76. The topological polar surface area (TPSA) is 29.3 Å². The molecule has 0 amide bonds. The van der Waals surface area contributed by atoms with Crippen LogP contribution in [0.1, 0.15) is 32.3 Å². The predicted molar refractivity (Wildman–Crippen MR) is 74.1 cm³/mol. The lowest BCUT2D eigenvalue weighted by Crippen LogP contribution is -2.41. The summed E-state index contributed by atoms with van der Waals surface area (Å²) in [5.41, 5.74) is 8.01. The molecule has 0 saturated carbocycles. The minimum absolute atomic E-state index is 0.638. The van der Waals surface area contributed by atoms with Crippen molar-refractivity contribution in [1.82, 2.24) is 4.90 Å². The normalized spacial score (nSPS) is 26.1. The fourth-order valence-corrected chi connectivity index (χ4v) is 2.75. The summed E-state index contributed by atoms with van der Waals surface area (Å²) in [6.07, 6.45) is 2.63. The number of likely N-dealkylation sites (tertiary alicyclic amines) is 1. The molecule has 17 heavy (non-hydrogen) atoms. The number of benzene rings is 1. The zero-order valence-corrected chi connectivity index (χ0v) is 11.4. The Bertz CT molecular complexity index is 392. The number of hydrogen-bond acceptors (Lipinski definition) is 2. The quantitative estimate of drug-likeness (QED) is 0.816. The van der Waals surface area contributed by atoms with Crippen molar-refractivity contribution in [1.29, 1.82) is 0 Å². The highest BCUT2D eigenvalue weighted by Crippen LogP contribution is 2.26. The number of nitrogen functional groups attached to an aromatic ring is 1. The van der Waals surface area contributed by atoms with Gasteiger partial charge in [-0.05, 0) is 49.9 Å². The Hall–Kier alpha value is -0.730. The molecule has 1 aromatic carbocycles. The second-order valence-electron chi connectivity index (χ2n) is 5.17. The van der Waals surface area contributed by atoms with Gasteiger partial charge in [0.1, 0.15) is 0 Å². The van der Waals surface area contributed by atoms with Crippen LogP contribution in [0.15, 0.2) is 18.2 Å². The Labute approximate surface area is 109 Å². The van der Waals surface area contributed by atoms with E-state index in [-0.39, 0.29) is 0 Å². The van der Waals surface area contributed by atoms with E-state index in [2.05, 4.69) is 18.7 Å². The van der Waals surface area contributed by atoms with E-state index >= 15 is 0 Å². The monoisotopic (exact) mass is 252 g/mol.